The molecule has 174 valence electrons. The summed E-state index contributed by atoms with van der Waals surface area (Å²) in [6.45, 7) is 5.12. The van der Waals surface area contributed by atoms with Gasteiger partial charge < -0.3 is 9.84 Å². The average molecular weight is 458 g/mol. The van der Waals surface area contributed by atoms with Crippen LogP contribution in [0.15, 0.2) is 71.3 Å². The van der Waals surface area contributed by atoms with Crippen LogP contribution in [-0.4, -0.2) is 35.6 Å². The van der Waals surface area contributed by atoms with Gasteiger partial charge in [-0.1, -0.05) is 53.2 Å². The largest absolute Gasteiger partial charge is 0.355 e. The standard InChI is InChI=1S/C28H28FN3O2/c1-19-6-8-21(9-7-19)27-24-16-22(10-11-26(24)31-34-27)28(33)30-17-20-12-14-32(15-13-20)18-23-4-2-3-5-25(23)29/h2-11,16,20H,12-15,17-18H2,1H3,(H,30,33). The lowest BCUT2D eigenvalue weighted by Crippen LogP contribution is -2.38. The fourth-order valence-electron chi connectivity index (χ4n) is 4.55. The number of fused-ring (bicyclic) bond motifs is 1. The molecule has 4 aromatic rings. The van der Waals surface area contributed by atoms with Crippen molar-refractivity contribution in [2.75, 3.05) is 19.6 Å². The number of piperidine rings is 1. The molecule has 0 atom stereocenters. The van der Waals surface area contributed by atoms with E-state index in [0.717, 1.165) is 48.0 Å². The van der Waals surface area contributed by atoms with Crippen LogP contribution in [0.4, 0.5) is 4.39 Å². The van der Waals surface area contributed by atoms with Gasteiger partial charge in [-0.05, 0) is 63.0 Å². The molecule has 0 radical (unpaired) electrons. The molecule has 1 N–H and O–H groups in total. The van der Waals surface area contributed by atoms with Crippen molar-refractivity contribution >= 4 is 16.8 Å². The molecule has 1 aromatic heterocycles. The van der Waals surface area contributed by atoms with Crippen molar-refractivity contribution in [2.45, 2.75) is 26.3 Å². The van der Waals surface area contributed by atoms with Crippen LogP contribution in [0.1, 0.15) is 34.3 Å². The highest BCUT2D eigenvalue weighted by molar-refractivity contribution is 6.01. The van der Waals surface area contributed by atoms with E-state index in [1.165, 1.54) is 11.6 Å². The molecule has 0 bridgehead atoms. The monoisotopic (exact) mass is 457 g/mol. The Labute approximate surface area is 198 Å². The van der Waals surface area contributed by atoms with E-state index in [0.29, 0.717) is 30.3 Å². The first-order valence-corrected chi connectivity index (χ1v) is 11.8. The molecular formula is C28H28FN3O2. The van der Waals surface area contributed by atoms with Gasteiger partial charge in [0.25, 0.3) is 5.91 Å². The lowest BCUT2D eigenvalue weighted by atomic mass is 9.96. The van der Waals surface area contributed by atoms with Crippen LogP contribution in [0, 0.1) is 18.7 Å². The highest BCUT2D eigenvalue weighted by Gasteiger charge is 2.21. The maximum Gasteiger partial charge on any atom is 0.251 e. The second-order valence-corrected chi connectivity index (χ2v) is 9.13. The zero-order valence-corrected chi connectivity index (χ0v) is 19.3. The van der Waals surface area contributed by atoms with Crippen molar-refractivity contribution in [3.05, 3.63) is 89.2 Å². The lowest BCUT2D eigenvalue weighted by molar-refractivity contribution is 0.0935. The Kier molecular flexibility index (Phi) is 6.41. The molecule has 2 heterocycles. The molecule has 5 rings (SSSR count). The van der Waals surface area contributed by atoms with Gasteiger partial charge >= 0.3 is 0 Å². The van der Waals surface area contributed by atoms with Crippen molar-refractivity contribution in [3.8, 4) is 11.3 Å². The highest BCUT2D eigenvalue weighted by Crippen LogP contribution is 2.29. The van der Waals surface area contributed by atoms with Crippen molar-refractivity contribution in [1.29, 1.82) is 0 Å². The van der Waals surface area contributed by atoms with Crippen molar-refractivity contribution in [3.63, 3.8) is 0 Å². The Balaban J connectivity index is 1.18. The topological polar surface area (TPSA) is 58.4 Å². The molecular weight excluding hydrogens is 429 g/mol. The smallest absolute Gasteiger partial charge is 0.251 e. The molecule has 34 heavy (non-hydrogen) atoms. The van der Waals surface area contributed by atoms with Crippen LogP contribution in [-0.2, 0) is 6.54 Å². The summed E-state index contributed by atoms with van der Waals surface area (Å²) in [5.41, 5.74) is 4.18. The quantitative estimate of drug-likeness (QED) is 0.410. The van der Waals surface area contributed by atoms with E-state index < -0.39 is 0 Å². The van der Waals surface area contributed by atoms with Gasteiger partial charge in [-0.25, -0.2) is 4.39 Å². The zero-order valence-electron chi connectivity index (χ0n) is 19.3. The van der Waals surface area contributed by atoms with Crippen molar-refractivity contribution in [1.82, 2.24) is 15.4 Å². The number of benzene rings is 3. The van der Waals surface area contributed by atoms with Gasteiger partial charge in [-0.2, -0.15) is 0 Å². The molecule has 0 spiro atoms. The summed E-state index contributed by atoms with van der Waals surface area (Å²) < 4.78 is 19.5. The number of hydrogen-bond donors (Lipinski definition) is 1. The minimum absolute atomic E-state index is 0.0910. The summed E-state index contributed by atoms with van der Waals surface area (Å²) in [5.74, 6) is 0.856. The molecule has 5 nitrogen and oxygen atoms in total. The van der Waals surface area contributed by atoms with Gasteiger partial charge in [0.15, 0.2) is 5.76 Å². The lowest BCUT2D eigenvalue weighted by Gasteiger charge is -2.32. The number of likely N-dealkylation sites (tertiary alicyclic amines) is 1. The van der Waals surface area contributed by atoms with E-state index in [1.54, 1.807) is 12.1 Å². The van der Waals surface area contributed by atoms with Crippen molar-refractivity contribution < 1.29 is 13.7 Å². The summed E-state index contributed by atoms with van der Waals surface area (Å²) in [5, 5.41) is 8.07. The van der Waals surface area contributed by atoms with Gasteiger partial charge in [0, 0.05) is 29.8 Å². The third kappa shape index (κ3) is 4.87. The predicted octanol–water partition coefficient (Wildman–Crippen LogP) is 5.58. The van der Waals surface area contributed by atoms with Gasteiger partial charge in [-0.15, -0.1) is 0 Å². The molecule has 0 aliphatic carbocycles. The SMILES string of the molecule is Cc1ccc(-c2onc3ccc(C(=O)NCC4CCN(Cc5ccccc5F)CC4)cc23)cc1. The van der Waals surface area contributed by atoms with Gasteiger partial charge in [0.1, 0.15) is 11.3 Å². The number of amides is 1. The number of carbonyl (C=O) groups is 1. The Morgan fingerprint density at radius 1 is 1.09 bits per heavy atom. The number of nitrogens with one attached hydrogen (secondary N) is 1. The first kappa shape index (κ1) is 22.3. The Morgan fingerprint density at radius 2 is 1.85 bits per heavy atom. The van der Waals surface area contributed by atoms with Crippen molar-refractivity contribution in [2.24, 2.45) is 5.92 Å². The van der Waals surface area contributed by atoms with Crippen LogP contribution >= 0.6 is 0 Å². The number of halogens is 1. The van der Waals surface area contributed by atoms with Crippen LogP contribution in [0.2, 0.25) is 0 Å². The fraction of sp³-hybridized carbons (Fsp3) is 0.286. The van der Waals surface area contributed by atoms with Gasteiger partial charge in [0.05, 0.1) is 5.39 Å². The summed E-state index contributed by atoms with van der Waals surface area (Å²) >= 11 is 0. The molecule has 1 amide bonds. The third-order valence-corrected chi connectivity index (χ3v) is 6.66. The highest BCUT2D eigenvalue weighted by atomic mass is 19.1. The summed E-state index contributed by atoms with van der Waals surface area (Å²) in [6, 6.07) is 20.5. The molecule has 0 unspecified atom stereocenters. The first-order valence-electron chi connectivity index (χ1n) is 11.8. The van der Waals surface area contributed by atoms with Crippen LogP contribution in [0.25, 0.3) is 22.2 Å². The summed E-state index contributed by atoms with van der Waals surface area (Å²) in [6.07, 6.45) is 1.97. The van der Waals surface area contributed by atoms with Crippen LogP contribution in [0.5, 0.6) is 0 Å². The average Bonchev–Trinajstić information content (AvgIpc) is 3.28. The molecule has 1 fully saturated rings. The third-order valence-electron chi connectivity index (χ3n) is 6.66. The number of aromatic nitrogens is 1. The van der Waals surface area contributed by atoms with Crippen LogP contribution in [0.3, 0.4) is 0 Å². The molecule has 0 saturated carbocycles. The van der Waals surface area contributed by atoms with E-state index >= 15 is 0 Å². The Morgan fingerprint density at radius 3 is 2.62 bits per heavy atom. The summed E-state index contributed by atoms with van der Waals surface area (Å²) in [7, 11) is 0. The zero-order chi connectivity index (χ0) is 23.5. The van der Waals surface area contributed by atoms with E-state index in [-0.39, 0.29) is 11.7 Å². The second-order valence-electron chi connectivity index (χ2n) is 9.13. The number of rotatable bonds is 6. The maximum atomic E-state index is 13.9. The molecule has 1 aliphatic rings. The number of hydrogen-bond acceptors (Lipinski definition) is 4. The minimum atomic E-state index is -0.146. The second kappa shape index (κ2) is 9.77. The number of carbonyl (C=O) groups excluding carboxylic acids is 1. The number of nitrogens with zero attached hydrogens (tertiary/aromatic N) is 2. The Bertz CT molecular complexity index is 1290. The van der Waals surface area contributed by atoms with Gasteiger partial charge in [0.2, 0.25) is 0 Å². The molecule has 1 aliphatic heterocycles. The fourth-order valence-corrected chi connectivity index (χ4v) is 4.55. The summed E-state index contributed by atoms with van der Waals surface area (Å²) in [4.78, 5) is 15.2. The maximum absolute atomic E-state index is 13.9. The van der Waals surface area contributed by atoms with E-state index in [4.69, 9.17) is 4.52 Å². The predicted molar refractivity (Wildman–Crippen MR) is 131 cm³/mol. The molecule has 1 saturated heterocycles. The van der Waals surface area contributed by atoms with Gasteiger partial charge in [-0.3, -0.25) is 9.69 Å². The molecule has 3 aromatic carbocycles. The van der Waals surface area contributed by atoms with E-state index in [2.05, 4.69) is 15.4 Å². The van der Waals surface area contributed by atoms with E-state index in [1.807, 2.05) is 55.5 Å². The number of aryl methyl sites for hydroxylation is 1. The minimum Gasteiger partial charge on any atom is -0.355 e. The van der Waals surface area contributed by atoms with Crippen LogP contribution < -0.4 is 5.32 Å². The molecule has 6 heteroatoms. The van der Waals surface area contributed by atoms with E-state index in [9.17, 15) is 9.18 Å². The normalized spacial score (nSPS) is 15.0. The first-order chi connectivity index (χ1) is 16.6. The Hall–Kier alpha value is -3.51.